The van der Waals surface area contributed by atoms with Crippen molar-refractivity contribution in [2.24, 2.45) is 0 Å². The molecule has 0 saturated carbocycles. The van der Waals surface area contributed by atoms with Crippen LogP contribution >= 0.6 is 0 Å². The van der Waals surface area contributed by atoms with Crippen molar-refractivity contribution in [2.75, 3.05) is 13.1 Å². The number of carbonyl (C=O) groups excluding carboxylic acids is 4. The van der Waals surface area contributed by atoms with E-state index in [4.69, 9.17) is 9.47 Å². The number of nitro benzene ring substituents is 4. The summed E-state index contributed by atoms with van der Waals surface area (Å²) in [5.41, 5.74) is -5.23. The summed E-state index contributed by atoms with van der Waals surface area (Å²) in [5, 5.41) is 49.3. The second-order valence-corrected chi connectivity index (χ2v) is 8.22. The van der Waals surface area contributed by atoms with Gasteiger partial charge < -0.3 is 20.1 Å². The molecule has 0 aliphatic rings. The summed E-state index contributed by atoms with van der Waals surface area (Å²) in [6.45, 7) is 6.16. The molecule has 2 N–H and O–H groups in total. The first kappa shape index (κ1) is 33.6. The van der Waals surface area contributed by atoms with Gasteiger partial charge in [-0.3, -0.25) is 50.0 Å². The molecule has 0 aromatic heterocycles. The third kappa shape index (κ3) is 8.70. The Morgan fingerprint density at radius 3 is 1.11 bits per heavy atom. The average Bonchev–Trinajstić information content (AvgIpc) is 2.99. The van der Waals surface area contributed by atoms with E-state index >= 15 is 0 Å². The molecule has 0 radical (unpaired) electrons. The number of carbonyl (C=O) groups is 4. The van der Waals surface area contributed by atoms with Crippen molar-refractivity contribution in [3.8, 4) is 0 Å². The van der Waals surface area contributed by atoms with E-state index in [0.717, 1.165) is 0 Å². The molecule has 44 heavy (non-hydrogen) atoms. The number of esters is 2. The molecular weight excluding hydrogens is 596 g/mol. The number of hydrogen-bond donors (Lipinski definition) is 2. The van der Waals surface area contributed by atoms with Crippen LogP contribution in [0.15, 0.2) is 61.7 Å². The van der Waals surface area contributed by atoms with E-state index in [9.17, 15) is 59.6 Å². The number of nitrogens with one attached hydrogen (secondary N) is 2. The average molecular weight is 616 g/mol. The van der Waals surface area contributed by atoms with E-state index in [-0.39, 0.29) is 13.1 Å². The summed E-state index contributed by atoms with van der Waals surface area (Å²) in [4.78, 5) is 92.8. The molecule has 2 rings (SSSR count). The van der Waals surface area contributed by atoms with Crippen molar-refractivity contribution in [1.29, 1.82) is 0 Å². The van der Waals surface area contributed by atoms with Gasteiger partial charge in [-0.05, 0) is 0 Å². The molecular formula is C24H20N6O14. The number of nitrogens with zero attached hydrogens (tertiary/aromatic N) is 4. The SMILES string of the molecule is C=CCNC(=O)C(OC(=O)c1cc([N+](=O)[O-])cc([N+](=O)[O-])c1)C(OC(=O)c1cc([N+](=O)[O-])cc([N+](=O)[O-])c1)C(=O)NCC=C. The summed E-state index contributed by atoms with van der Waals surface area (Å²) < 4.78 is 10.2. The van der Waals surface area contributed by atoms with Crippen molar-refractivity contribution in [1.82, 2.24) is 10.6 Å². The van der Waals surface area contributed by atoms with Crippen molar-refractivity contribution in [3.05, 3.63) is 113 Å². The molecule has 2 amide bonds. The number of amides is 2. The molecule has 2 unspecified atom stereocenters. The fourth-order valence-corrected chi connectivity index (χ4v) is 3.27. The third-order valence-electron chi connectivity index (χ3n) is 5.22. The first-order chi connectivity index (χ1) is 20.7. The molecule has 0 aliphatic carbocycles. The Morgan fingerprint density at radius 2 is 0.886 bits per heavy atom. The van der Waals surface area contributed by atoms with Crippen molar-refractivity contribution < 1.29 is 48.3 Å². The Kier molecular flexibility index (Phi) is 11.4. The fourth-order valence-electron chi connectivity index (χ4n) is 3.27. The minimum atomic E-state index is -2.40. The zero-order valence-corrected chi connectivity index (χ0v) is 22.1. The minimum absolute atomic E-state index is 0.290. The molecule has 2 aromatic carbocycles. The lowest BCUT2D eigenvalue weighted by molar-refractivity contribution is -0.394. The number of hydrogen-bond acceptors (Lipinski definition) is 14. The van der Waals surface area contributed by atoms with Crippen LogP contribution in [0.3, 0.4) is 0 Å². The monoisotopic (exact) mass is 616 g/mol. The summed E-state index contributed by atoms with van der Waals surface area (Å²) in [6.07, 6.45) is -2.46. The van der Waals surface area contributed by atoms with E-state index in [1.807, 2.05) is 0 Å². The van der Waals surface area contributed by atoms with Gasteiger partial charge in [0.15, 0.2) is 0 Å². The van der Waals surface area contributed by atoms with Crippen LogP contribution in [0.5, 0.6) is 0 Å². The van der Waals surface area contributed by atoms with Crippen LogP contribution in [0.25, 0.3) is 0 Å². The molecule has 2 aromatic rings. The number of nitro groups is 4. The van der Waals surface area contributed by atoms with Crippen LogP contribution in [0.2, 0.25) is 0 Å². The normalized spacial score (nSPS) is 11.5. The molecule has 0 saturated heterocycles. The Bertz CT molecular complexity index is 1390. The van der Waals surface area contributed by atoms with Crippen LogP contribution in [0, 0.1) is 40.5 Å². The third-order valence-corrected chi connectivity index (χ3v) is 5.22. The largest absolute Gasteiger partial charge is 0.444 e. The van der Waals surface area contributed by atoms with Crippen LogP contribution in [0.1, 0.15) is 20.7 Å². The number of rotatable bonds is 15. The molecule has 2 atom stereocenters. The van der Waals surface area contributed by atoms with Gasteiger partial charge in [-0.1, -0.05) is 12.2 Å². The maximum Gasteiger partial charge on any atom is 0.339 e. The summed E-state index contributed by atoms with van der Waals surface area (Å²) in [6, 6.07) is 3.39. The van der Waals surface area contributed by atoms with Gasteiger partial charge in [0, 0.05) is 37.4 Å². The molecule has 20 heteroatoms. The zero-order chi connectivity index (χ0) is 33.1. The predicted molar refractivity (Wildman–Crippen MR) is 144 cm³/mol. The van der Waals surface area contributed by atoms with Gasteiger partial charge in [0.1, 0.15) is 0 Å². The first-order valence-electron chi connectivity index (χ1n) is 11.8. The fraction of sp³-hybridized carbons (Fsp3) is 0.167. The Balaban J connectivity index is 2.63. The molecule has 0 heterocycles. The van der Waals surface area contributed by atoms with Gasteiger partial charge in [-0.15, -0.1) is 13.2 Å². The predicted octanol–water partition coefficient (Wildman–Crippen LogP) is 1.67. The molecule has 230 valence electrons. The topological polar surface area (TPSA) is 283 Å². The highest BCUT2D eigenvalue weighted by Gasteiger charge is 2.41. The van der Waals surface area contributed by atoms with Gasteiger partial charge in [0.25, 0.3) is 34.6 Å². The highest BCUT2D eigenvalue weighted by atomic mass is 16.6. The van der Waals surface area contributed by atoms with Gasteiger partial charge in [-0.25, -0.2) is 9.59 Å². The van der Waals surface area contributed by atoms with Gasteiger partial charge in [0.05, 0.1) is 43.0 Å². The highest BCUT2D eigenvalue weighted by Crippen LogP contribution is 2.26. The van der Waals surface area contributed by atoms with Crippen LogP contribution < -0.4 is 10.6 Å². The lowest BCUT2D eigenvalue weighted by atomic mass is 10.1. The van der Waals surface area contributed by atoms with E-state index in [1.165, 1.54) is 12.2 Å². The lowest BCUT2D eigenvalue weighted by Gasteiger charge is -2.25. The zero-order valence-electron chi connectivity index (χ0n) is 22.1. The Hall–Kier alpha value is -6.60. The van der Waals surface area contributed by atoms with Crippen molar-refractivity contribution in [2.45, 2.75) is 12.2 Å². The van der Waals surface area contributed by atoms with Gasteiger partial charge in [0.2, 0.25) is 12.2 Å². The van der Waals surface area contributed by atoms with E-state index < -0.39 is 89.5 Å². The summed E-state index contributed by atoms with van der Waals surface area (Å²) in [5.74, 6) is -5.82. The van der Waals surface area contributed by atoms with Crippen LogP contribution in [-0.2, 0) is 19.1 Å². The molecule has 0 spiro atoms. The molecule has 20 nitrogen and oxygen atoms in total. The van der Waals surface area contributed by atoms with E-state index in [2.05, 4.69) is 23.8 Å². The maximum absolute atomic E-state index is 13.0. The Labute approximate surface area is 244 Å². The van der Waals surface area contributed by atoms with Crippen molar-refractivity contribution in [3.63, 3.8) is 0 Å². The molecule has 0 fully saturated rings. The highest BCUT2D eigenvalue weighted by molar-refractivity contribution is 5.99. The quantitative estimate of drug-likeness (QED) is 0.125. The number of benzene rings is 2. The minimum Gasteiger partial charge on any atom is -0.444 e. The second-order valence-electron chi connectivity index (χ2n) is 8.22. The van der Waals surface area contributed by atoms with Gasteiger partial charge >= 0.3 is 11.9 Å². The first-order valence-corrected chi connectivity index (χ1v) is 11.8. The van der Waals surface area contributed by atoms with Crippen molar-refractivity contribution >= 4 is 46.5 Å². The van der Waals surface area contributed by atoms with Gasteiger partial charge in [-0.2, -0.15) is 0 Å². The second kappa shape index (κ2) is 14.9. The maximum atomic E-state index is 13.0. The van der Waals surface area contributed by atoms with E-state index in [1.54, 1.807) is 0 Å². The van der Waals surface area contributed by atoms with Crippen LogP contribution in [-0.4, -0.2) is 68.7 Å². The Morgan fingerprint density at radius 1 is 0.614 bits per heavy atom. The van der Waals surface area contributed by atoms with E-state index in [0.29, 0.717) is 36.4 Å². The van der Waals surface area contributed by atoms with Crippen LogP contribution in [0.4, 0.5) is 22.7 Å². The summed E-state index contributed by atoms with van der Waals surface area (Å²) in [7, 11) is 0. The number of non-ortho nitro benzene ring substituents is 4. The molecule has 0 bridgehead atoms. The molecule has 0 aliphatic heterocycles. The lowest BCUT2D eigenvalue weighted by Crippen LogP contribution is -2.53. The summed E-state index contributed by atoms with van der Waals surface area (Å²) >= 11 is 0. The number of ether oxygens (including phenoxy) is 2. The standard InChI is InChI=1S/C24H20N6O14/c1-3-5-25-21(31)19(43-23(33)13-7-15(27(35)36)11-16(8-13)28(37)38)20(22(32)26-6-4-2)44-24(34)14-9-17(29(39)40)12-18(10-14)30(41)42/h3-4,7-12,19-20H,1-2,5-6H2,(H,25,31)(H,26,32). The smallest absolute Gasteiger partial charge is 0.339 e.